The smallest absolute Gasteiger partial charge is 0.310 e. The van der Waals surface area contributed by atoms with Crippen molar-refractivity contribution in [1.29, 1.82) is 5.26 Å². The molecule has 1 aliphatic rings. The first-order valence-corrected chi connectivity index (χ1v) is 8.94. The van der Waals surface area contributed by atoms with Crippen molar-refractivity contribution in [2.75, 3.05) is 13.7 Å². The Hall–Kier alpha value is -2.81. The van der Waals surface area contributed by atoms with Gasteiger partial charge in [-0.25, -0.2) is 0 Å². The van der Waals surface area contributed by atoms with Crippen LogP contribution in [-0.2, 0) is 20.7 Å². The number of ether oxygens (including phenoxy) is 1. The van der Waals surface area contributed by atoms with E-state index in [2.05, 4.69) is 11.1 Å². The fourth-order valence-electron chi connectivity index (χ4n) is 3.62. The zero-order chi connectivity index (χ0) is 18.6. The van der Waals surface area contributed by atoms with Gasteiger partial charge in [0.15, 0.2) is 6.61 Å². The van der Waals surface area contributed by atoms with Crippen LogP contribution in [-0.4, -0.2) is 41.0 Å². The van der Waals surface area contributed by atoms with Gasteiger partial charge in [0.25, 0.3) is 5.91 Å². The van der Waals surface area contributed by atoms with E-state index in [1.54, 1.807) is 13.2 Å². The summed E-state index contributed by atoms with van der Waals surface area (Å²) in [4.78, 5) is 29.1. The predicted molar refractivity (Wildman–Crippen MR) is 97.2 cm³/mol. The highest BCUT2D eigenvalue weighted by Crippen LogP contribution is 2.32. The molecule has 0 bridgehead atoms. The molecule has 1 aromatic heterocycles. The molecule has 1 saturated carbocycles. The number of nitrogens with one attached hydrogen (secondary N) is 1. The molecule has 0 spiro atoms. The number of amides is 1. The van der Waals surface area contributed by atoms with Gasteiger partial charge >= 0.3 is 5.97 Å². The number of nitrogens with zero attached hydrogens (tertiary/aromatic N) is 2. The normalized spacial score (nSPS) is 16.0. The van der Waals surface area contributed by atoms with Gasteiger partial charge in [-0.05, 0) is 24.5 Å². The highest BCUT2D eigenvalue weighted by molar-refractivity contribution is 5.88. The lowest BCUT2D eigenvalue weighted by atomic mass is 9.81. The molecule has 0 atom stereocenters. The van der Waals surface area contributed by atoms with Gasteiger partial charge in [-0.15, -0.1) is 0 Å². The molecule has 6 nitrogen and oxygen atoms in total. The molecule has 1 aliphatic carbocycles. The van der Waals surface area contributed by atoms with Crippen molar-refractivity contribution in [3.63, 3.8) is 0 Å². The maximum absolute atomic E-state index is 12.4. The van der Waals surface area contributed by atoms with Gasteiger partial charge in [0.05, 0.1) is 12.5 Å². The third-order valence-electron chi connectivity index (χ3n) is 5.27. The second-order valence-electron chi connectivity index (χ2n) is 6.85. The van der Waals surface area contributed by atoms with Crippen LogP contribution < -0.4 is 0 Å². The number of fused-ring (bicyclic) bond motifs is 1. The minimum atomic E-state index is -0.765. The summed E-state index contributed by atoms with van der Waals surface area (Å²) in [5, 5.41) is 10.5. The van der Waals surface area contributed by atoms with E-state index < -0.39 is 11.5 Å². The molecule has 1 fully saturated rings. The van der Waals surface area contributed by atoms with Crippen molar-refractivity contribution in [3.8, 4) is 6.07 Å². The van der Waals surface area contributed by atoms with E-state index in [9.17, 15) is 14.9 Å². The molecule has 0 saturated heterocycles. The molecule has 1 amide bonds. The summed E-state index contributed by atoms with van der Waals surface area (Å²) in [6.07, 6.45) is 6.20. The first kappa shape index (κ1) is 18.0. The number of benzene rings is 1. The van der Waals surface area contributed by atoms with E-state index >= 15 is 0 Å². The molecule has 1 N–H and O–H groups in total. The van der Waals surface area contributed by atoms with Crippen LogP contribution in [0.4, 0.5) is 0 Å². The topological polar surface area (TPSA) is 86.2 Å². The van der Waals surface area contributed by atoms with Gasteiger partial charge in [-0.1, -0.05) is 37.5 Å². The van der Waals surface area contributed by atoms with Gasteiger partial charge in [0.2, 0.25) is 0 Å². The Labute approximate surface area is 152 Å². The minimum Gasteiger partial charge on any atom is -0.455 e. The zero-order valence-electron chi connectivity index (χ0n) is 15.0. The standard InChI is InChI=1S/C20H23N3O3/c1-23(20(14-21)9-5-2-6-10-20)18(24)13-26-19(25)11-15-12-22-17-8-4-3-7-16(15)17/h3-4,7-8,12,22H,2,5-6,9-11,13H2,1H3. The monoisotopic (exact) mass is 353 g/mol. The van der Waals surface area contributed by atoms with Crippen LogP contribution in [0.25, 0.3) is 10.9 Å². The number of hydrogen-bond acceptors (Lipinski definition) is 4. The van der Waals surface area contributed by atoms with Crippen LogP contribution in [0.2, 0.25) is 0 Å². The Morgan fingerprint density at radius 3 is 2.73 bits per heavy atom. The summed E-state index contributed by atoms with van der Waals surface area (Å²) in [6, 6.07) is 10.0. The van der Waals surface area contributed by atoms with E-state index in [0.29, 0.717) is 12.8 Å². The number of carbonyl (C=O) groups excluding carboxylic acids is 2. The quantitative estimate of drug-likeness (QED) is 0.837. The Morgan fingerprint density at radius 2 is 2.00 bits per heavy atom. The molecule has 0 radical (unpaired) electrons. The largest absolute Gasteiger partial charge is 0.455 e. The van der Waals surface area contributed by atoms with E-state index in [-0.39, 0.29) is 18.9 Å². The second kappa shape index (κ2) is 7.61. The average Bonchev–Trinajstić information content (AvgIpc) is 3.09. The Kier molecular flexibility index (Phi) is 5.27. The number of esters is 1. The molecular weight excluding hydrogens is 330 g/mol. The van der Waals surface area contributed by atoms with E-state index in [4.69, 9.17) is 4.74 Å². The molecule has 0 unspecified atom stereocenters. The van der Waals surface area contributed by atoms with Gasteiger partial charge in [0, 0.05) is 24.1 Å². The van der Waals surface area contributed by atoms with Gasteiger partial charge < -0.3 is 14.6 Å². The highest BCUT2D eigenvalue weighted by atomic mass is 16.5. The predicted octanol–water partition coefficient (Wildman–Crippen LogP) is 2.94. The first-order chi connectivity index (χ1) is 12.6. The highest BCUT2D eigenvalue weighted by Gasteiger charge is 2.38. The SMILES string of the molecule is CN(C(=O)COC(=O)Cc1c[nH]c2ccccc12)C1(C#N)CCCCC1. The maximum atomic E-state index is 12.4. The van der Waals surface area contributed by atoms with Gasteiger partial charge in [0.1, 0.15) is 5.54 Å². The van der Waals surface area contributed by atoms with E-state index in [1.807, 2.05) is 24.3 Å². The molecule has 3 rings (SSSR count). The number of aromatic amines is 1. The summed E-state index contributed by atoms with van der Waals surface area (Å²) >= 11 is 0. The summed E-state index contributed by atoms with van der Waals surface area (Å²) < 4.78 is 5.17. The molecule has 1 heterocycles. The molecule has 26 heavy (non-hydrogen) atoms. The minimum absolute atomic E-state index is 0.102. The van der Waals surface area contributed by atoms with Crippen LogP contribution in [0.5, 0.6) is 0 Å². The second-order valence-corrected chi connectivity index (χ2v) is 6.85. The third-order valence-corrected chi connectivity index (χ3v) is 5.27. The lowest BCUT2D eigenvalue weighted by Crippen LogP contribution is -2.51. The number of para-hydroxylation sites is 1. The van der Waals surface area contributed by atoms with Crippen LogP contribution >= 0.6 is 0 Å². The van der Waals surface area contributed by atoms with Crippen molar-refractivity contribution < 1.29 is 14.3 Å². The van der Waals surface area contributed by atoms with Crippen molar-refractivity contribution >= 4 is 22.8 Å². The molecule has 1 aromatic carbocycles. The summed E-state index contributed by atoms with van der Waals surface area (Å²) in [5.41, 5.74) is 1.03. The van der Waals surface area contributed by atoms with Crippen molar-refractivity contribution in [1.82, 2.24) is 9.88 Å². The number of H-pyrrole nitrogens is 1. The lowest BCUT2D eigenvalue weighted by Gasteiger charge is -2.38. The number of carbonyl (C=O) groups is 2. The third kappa shape index (κ3) is 3.57. The fraction of sp³-hybridized carbons (Fsp3) is 0.450. The maximum Gasteiger partial charge on any atom is 0.310 e. The van der Waals surface area contributed by atoms with E-state index in [1.165, 1.54) is 4.90 Å². The average molecular weight is 353 g/mol. The molecule has 0 aliphatic heterocycles. The Morgan fingerprint density at radius 1 is 1.27 bits per heavy atom. The van der Waals surface area contributed by atoms with Crippen LogP contribution in [0.15, 0.2) is 30.5 Å². The van der Waals surface area contributed by atoms with Gasteiger partial charge in [-0.3, -0.25) is 9.59 Å². The van der Waals surface area contributed by atoms with Crippen molar-refractivity contribution in [2.24, 2.45) is 0 Å². The number of aromatic nitrogens is 1. The Bertz CT molecular complexity index is 843. The Balaban J connectivity index is 1.57. The lowest BCUT2D eigenvalue weighted by molar-refractivity contribution is -0.153. The molecule has 2 aromatic rings. The van der Waals surface area contributed by atoms with Crippen molar-refractivity contribution in [2.45, 2.75) is 44.1 Å². The van der Waals surface area contributed by atoms with Crippen molar-refractivity contribution in [3.05, 3.63) is 36.0 Å². The molecular formula is C20H23N3O3. The van der Waals surface area contributed by atoms with Crippen LogP contribution in [0.3, 0.4) is 0 Å². The zero-order valence-corrected chi connectivity index (χ0v) is 15.0. The summed E-state index contributed by atoms with van der Waals surface area (Å²) in [7, 11) is 1.63. The summed E-state index contributed by atoms with van der Waals surface area (Å²) in [6.45, 7) is -0.332. The number of rotatable bonds is 5. The molecule has 6 heteroatoms. The fourth-order valence-corrected chi connectivity index (χ4v) is 3.62. The number of hydrogen-bond donors (Lipinski definition) is 1. The summed E-state index contributed by atoms with van der Waals surface area (Å²) in [5.74, 6) is -0.785. The first-order valence-electron chi connectivity index (χ1n) is 8.94. The van der Waals surface area contributed by atoms with Crippen LogP contribution in [0, 0.1) is 11.3 Å². The van der Waals surface area contributed by atoms with Gasteiger partial charge in [-0.2, -0.15) is 5.26 Å². The molecule has 136 valence electrons. The number of likely N-dealkylation sites (N-methyl/N-ethyl adjacent to an activating group) is 1. The van der Waals surface area contributed by atoms with Crippen LogP contribution in [0.1, 0.15) is 37.7 Å². The number of nitriles is 1. The van der Waals surface area contributed by atoms with E-state index in [0.717, 1.165) is 35.7 Å².